The molecule has 1 aliphatic rings. The highest BCUT2D eigenvalue weighted by Gasteiger charge is 2.25. The van der Waals surface area contributed by atoms with Crippen molar-refractivity contribution in [3.8, 4) is 0 Å². The fourth-order valence-electron chi connectivity index (χ4n) is 1.77. The molecule has 2 N–H and O–H groups in total. The number of nitrogens with two attached hydrogens (primary N) is 1. The van der Waals surface area contributed by atoms with E-state index in [9.17, 15) is 4.79 Å². The van der Waals surface area contributed by atoms with Gasteiger partial charge >= 0.3 is 0 Å². The molecule has 0 aromatic carbocycles. The molecule has 76 valence electrons. The number of aryl methyl sites for hydroxylation is 1. The van der Waals surface area contributed by atoms with Crippen molar-refractivity contribution in [1.29, 1.82) is 0 Å². The molecule has 5 nitrogen and oxygen atoms in total. The molecule has 5 heteroatoms. The monoisotopic (exact) mass is 194 g/mol. The molecule has 0 bridgehead atoms. The van der Waals surface area contributed by atoms with E-state index in [1.54, 1.807) is 9.58 Å². The Morgan fingerprint density at radius 2 is 2.43 bits per heavy atom. The van der Waals surface area contributed by atoms with Crippen LogP contribution in [0.2, 0.25) is 0 Å². The van der Waals surface area contributed by atoms with Crippen molar-refractivity contribution in [3.05, 3.63) is 11.8 Å². The minimum absolute atomic E-state index is 0.151. The van der Waals surface area contributed by atoms with Crippen LogP contribution in [0.1, 0.15) is 18.4 Å². The van der Waals surface area contributed by atoms with E-state index >= 15 is 0 Å². The van der Waals surface area contributed by atoms with Crippen molar-refractivity contribution < 1.29 is 4.79 Å². The van der Waals surface area contributed by atoms with Gasteiger partial charge in [-0.3, -0.25) is 14.4 Å². The standard InChI is InChI=1S/C9H14N4O/c1-12-6-7(5-10)9(11-12)13-4-2-3-8(13)14/h6H,2-5,10H2,1H3. The average Bonchev–Trinajstić information content (AvgIpc) is 2.71. The van der Waals surface area contributed by atoms with E-state index in [2.05, 4.69) is 5.10 Å². The molecule has 0 unspecified atom stereocenters. The van der Waals surface area contributed by atoms with Crippen molar-refractivity contribution in [2.24, 2.45) is 12.8 Å². The summed E-state index contributed by atoms with van der Waals surface area (Å²) < 4.78 is 1.70. The van der Waals surface area contributed by atoms with E-state index in [1.807, 2.05) is 13.2 Å². The van der Waals surface area contributed by atoms with Crippen LogP contribution in [0.4, 0.5) is 5.82 Å². The minimum Gasteiger partial charge on any atom is -0.326 e. The Balaban J connectivity index is 2.34. The lowest BCUT2D eigenvalue weighted by Crippen LogP contribution is -2.25. The zero-order valence-corrected chi connectivity index (χ0v) is 8.23. The molecule has 1 aromatic rings. The SMILES string of the molecule is Cn1cc(CN)c(N2CCCC2=O)n1. The quantitative estimate of drug-likeness (QED) is 0.721. The maximum atomic E-state index is 11.5. The Bertz CT molecular complexity index is 358. The van der Waals surface area contributed by atoms with Gasteiger partial charge in [-0.05, 0) is 6.42 Å². The lowest BCUT2D eigenvalue weighted by atomic mass is 10.3. The minimum atomic E-state index is 0.151. The van der Waals surface area contributed by atoms with Crippen molar-refractivity contribution in [3.63, 3.8) is 0 Å². The number of carbonyl (C=O) groups is 1. The molecule has 0 atom stereocenters. The van der Waals surface area contributed by atoms with E-state index in [-0.39, 0.29) is 5.91 Å². The number of anilines is 1. The van der Waals surface area contributed by atoms with Gasteiger partial charge in [0, 0.05) is 38.3 Å². The summed E-state index contributed by atoms with van der Waals surface area (Å²) in [6.07, 6.45) is 3.40. The Hall–Kier alpha value is -1.36. The van der Waals surface area contributed by atoms with E-state index in [1.165, 1.54) is 0 Å². The molecule has 1 aromatic heterocycles. The lowest BCUT2D eigenvalue weighted by molar-refractivity contribution is -0.117. The molecule has 0 aliphatic carbocycles. The van der Waals surface area contributed by atoms with Crippen molar-refractivity contribution >= 4 is 11.7 Å². The zero-order chi connectivity index (χ0) is 10.1. The van der Waals surface area contributed by atoms with Gasteiger partial charge in [0.2, 0.25) is 5.91 Å². The second kappa shape index (κ2) is 3.42. The van der Waals surface area contributed by atoms with Crippen molar-refractivity contribution in [2.45, 2.75) is 19.4 Å². The van der Waals surface area contributed by atoms with E-state index < -0.39 is 0 Å². The number of aromatic nitrogens is 2. The maximum Gasteiger partial charge on any atom is 0.228 e. The van der Waals surface area contributed by atoms with E-state index in [0.717, 1.165) is 24.3 Å². The Morgan fingerprint density at radius 1 is 1.64 bits per heavy atom. The van der Waals surface area contributed by atoms with Crippen LogP contribution >= 0.6 is 0 Å². The summed E-state index contributed by atoms with van der Waals surface area (Å²) in [5.41, 5.74) is 6.52. The van der Waals surface area contributed by atoms with Gasteiger partial charge in [0.05, 0.1) is 0 Å². The maximum absolute atomic E-state index is 11.5. The van der Waals surface area contributed by atoms with Gasteiger partial charge in [0.25, 0.3) is 0 Å². The molecule has 0 saturated carbocycles. The topological polar surface area (TPSA) is 64.2 Å². The Kier molecular flexibility index (Phi) is 2.25. The van der Waals surface area contributed by atoms with Crippen molar-refractivity contribution in [2.75, 3.05) is 11.4 Å². The van der Waals surface area contributed by atoms with Crippen LogP contribution in [0, 0.1) is 0 Å². The van der Waals surface area contributed by atoms with Crippen LogP contribution in [-0.4, -0.2) is 22.2 Å². The first-order valence-electron chi connectivity index (χ1n) is 4.75. The van der Waals surface area contributed by atoms with Gasteiger partial charge < -0.3 is 5.73 Å². The third-order valence-electron chi connectivity index (χ3n) is 2.43. The van der Waals surface area contributed by atoms with E-state index in [0.29, 0.717) is 13.0 Å². The molecule has 1 aliphatic heterocycles. The fraction of sp³-hybridized carbons (Fsp3) is 0.556. The van der Waals surface area contributed by atoms with Crippen LogP contribution < -0.4 is 10.6 Å². The van der Waals surface area contributed by atoms with Crippen LogP contribution in [0.25, 0.3) is 0 Å². The van der Waals surface area contributed by atoms with E-state index in [4.69, 9.17) is 5.73 Å². The molecule has 1 amide bonds. The number of amides is 1. The third kappa shape index (κ3) is 1.39. The number of nitrogens with zero attached hydrogens (tertiary/aromatic N) is 3. The number of rotatable bonds is 2. The van der Waals surface area contributed by atoms with Gasteiger partial charge in [-0.15, -0.1) is 0 Å². The number of carbonyl (C=O) groups excluding carboxylic acids is 1. The molecule has 0 spiro atoms. The second-order valence-electron chi connectivity index (χ2n) is 3.50. The molecule has 1 saturated heterocycles. The summed E-state index contributed by atoms with van der Waals surface area (Å²) >= 11 is 0. The first kappa shape index (κ1) is 9.21. The van der Waals surface area contributed by atoms with Crippen LogP contribution in [0.3, 0.4) is 0 Å². The Labute approximate surface area is 82.5 Å². The number of hydrogen-bond donors (Lipinski definition) is 1. The summed E-state index contributed by atoms with van der Waals surface area (Å²) in [6.45, 7) is 1.19. The first-order valence-corrected chi connectivity index (χ1v) is 4.75. The highest BCUT2D eigenvalue weighted by Crippen LogP contribution is 2.22. The van der Waals surface area contributed by atoms with Gasteiger partial charge in [0.15, 0.2) is 5.82 Å². The summed E-state index contributed by atoms with van der Waals surface area (Å²) in [5, 5.41) is 4.26. The van der Waals surface area contributed by atoms with Gasteiger partial charge in [0.1, 0.15) is 0 Å². The van der Waals surface area contributed by atoms with Gasteiger partial charge in [-0.2, -0.15) is 5.10 Å². The summed E-state index contributed by atoms with van der Waals surface area (Å²) in [5.74, 6) is 0.885. The first-order chi connectivity index (χ1) is 6.72. The Morgan fingerprint density at radius 3 is 3.00 bits per heavy atom. The van der Waals surface area contributed by atoms with Gasteiger partial charge in [-0.1, -0.05) is 0 Å². The smallest absolute Gasteiger partial charge is 0.228 e. The molecular formula is C9H14N4O. The lowest BCUT2D eigenvalue weighted by Gasteiger charge is -2.13. The average molecular weight is 194 g/mol. The van der Waals surface area contributed by atoms with Crippen LogP contribution in [-0.2, 0) is 18.4 Å². The van der Waals surface area contributed by atoms with Crippen LogP contribution in [0.5, 0.6) is 0 Å². The molecular weight excluding hydrogens is 180 g/mol. The molecule has 2 heterocycles. The van der Waals surface area contributed by atoms with Crippen molar-refractivity contribution in [1.82, 2.24) is 9.78 Å². The predicted molar refractivity (Wildman–Crippen MR) is 52.7 cm³/mol. The summed E-state index contributed by atoms with van der Waals surface area (Å²) in [6, 6.07) is 0. The molecule has 0 radical (unpaired) electrons. The highest BCUT2D eigenvalue weighted by atomic mass is 16.2. The fourth-order valence-corrected chi connectivity index (χ4v) is 1.77. The zero-order valence-electron chi connectivity index (χ0n) is 8.23. The number of hydrogen-bond acceptors (Lipinski definition) is 3. The predicted octanol–water partition coefficient (Wildman–Crippen LogP) is 0.00560. The summed E-state index contributed by atoms with van der Waals surface area (Å²) in [7, 11) is 1.84. The third-order valence-corrected chi connectivity index (χ3v) is 2.43. The largest absolute Gasteiger partial charge is 0.326 e. The highest BCUT2D eigenvalue weighted by molar-refractivity contribution is 5.94. The molecule has 14 heavy (non-hydrogen) atoms. The van der Waals surface area contributed by atoms with Gasteiger partial charge in [-0.25, -0.2) is 0 Å². The molecule has 2 rings (SSSR count). The second-order valence-corrected chi connectivity index (χ2v) is 3.50. The summed E-state index contributed by atoms with van der Waals surface area (Å²) in [4.78, 5) is 13.2. The normalized spacial score (nSPS) is 16.7. The van der Waals surface area contributed by atoms with Crippen LogP contribution in [0.15, 0.2) is 6.20 Å². The molecule has 1 fully saturated rings.